The number of alkyl halides is 3. The van der Waals surface area contributed by atoms with Crippen molar-refractivity contribution < 1.29 is 32.7 Å². The zero-order valence-electron chi connectivity index (χ0n) is 10.5. The van der Waals surface area contributed by atoms with Gasteiger partial charge in [-0.15, -0.1) is 0 Å². The molecule has 1 aromatic rings. The second-order valence-corrected chi connectivity index (χ2v) is 4.60. The Bertz CT molecular complexity index is 656. The first kappa shape index (κ1) is 14.8. The maximum absolute atomic E-state index is 12.9. The normalized spacial score (nSPS) is 21.9. The average Bonchev–Trinajstić information content (AvgIpc) is 2.62. The minimum Gasteiger partial charge on any atom is -0.478 e. The van der Waals surface area contributed by atoms with Crippen LogP contribution in [0.15, 0.2) is 18.2 Å². The van der Waals surface area contributed by atoms with Crippen molar-refractivity contribution in [2.24, 2.45) is 0 Å². The fraction of sp³-hybridized carbons (Fsp3) is 0.250. The molecular weight excluding hydrogens is 293 g/mol. The first-order valence-electron chi connectivity index (χ1n) is 5.64. The van der Waals surface area contributed by atoms with Gasteiger partial charge in [0.1, 0.15) is 5.54 Å². The summed E-state index contributed by atoms with van der Waals surface area (Å²) in [6.45, 7) is 1.23. The zero-order chi connectivity index (χ0) is 16.0. The van der Waals surface area contributed by atoms with E-state index in [0.717, 1.165) is 12.1 Å². The molecule has 6 nitrogen and oxygen atoms in total. The monoisotopic (exact) mass is 302 g/mol. The van der Waals surface area contributed by atoms with Crippen LogP contribution < -0.4 is 10.6 Å². The molecular formula is C12H9F3N2O4. The number of nitrogens with one attached hydrogen (secondary N) is 2. The number of amides is 3. The molecule has 1 heterocycles. The summed E-state index contributed by atoms with van der Waals surface area (Å²) in [6, 6.07) is 1.53. The second-order valence-electron chi connectivity index (χ2n) is 4.60. The number of halogens is 3. The van der Waals surface area contributed by atoms with Crippen LogP contribution in [-0.4, -0.2) is 23.0 Å². The molecule has 21 heavy (non-hydrogen) atoms. The van der Waals surface area contributed by atoms with Crippen molar-refractivity contribution in [3.63, 3.8) is 0 Å². The molecule has 0 spiro atoms. The van der Waals surface area contributed by atoms with Gasteiger partial charge in [0.25, 0.3) is 5.91 Å². The van der Waals surface area contributed by atoms with Gasteiger partial charge in [0.05, 0.1) is 11.1 Å². The van der Waals surface area contributed by atoms with Crippen LogP contribution in [0.25, 0.3) is 0 Å². The number of hydrogen-bond donors (Lipinski definition) is 3. The van der Waals surface area contributed by atoms with E-state index in [0.29, 0.717) is 6.07 Å². The summed E-state index contributed by atoms with van der Waals surface area (Å²) >= 11 is 0. The molecule has 0 saturated carbocycles. The molecule has 1 aliphatic heterocycles. The molecule has 0 radical (unpaired) electrons. The van der Waals surface area contributed by atoms with Gasteiger partial charge >= 0.3 is 18.2 Å². The van der Waals surface area contributed by atoms with Crippen molar-refractivity contribution >= 4 is 17.9 Å². The van der Waals surface area contributed by atoms with Crippen molar-refractivity contribution in [1.82, 2.24) is 10.6 Å². The van der Waals surface area contributed by atoms with Crippen LogP contribution in [0.3, 0.4) is 0 Å². The summed E-state index contributed by atoms with van der Waals surface area (Å²) in [5.74, 6) is -2.55. The quantitative estimate of drug-likeness (QED) is 0.721. The summed E-state index contributed by atoms with van der Waals surface area (Å²) in [6.07, 6.45) is -4.90. The Morgan fingerprint density at radius 2 is 1.90 bits per heavy atom. The Morgan fingerprint density at radius 1 is 1.29 bits per heavy atom. The Morgan fingerprint density at radius 3 is 2.33 bits per heavy atom. The highest BCUT2D eigenvalue weighted by Gasteiger charge is 2.45. The van der Waals surface area contributed by atoms with E-state index in [1.165, 1.54) is 6.92 Å². The fourth-order valence-electron chi connectivity index (χ4n) is 2.02. The lowest BCUT2D eigenvalue weighted by atomic mass is 9.89. The summed E-state index contributed by atoms with van der Waals surface area (Å²) in [7, 11) is 0. The van der Waals surface area contributed by atoms with Gasteiger partial charge in [0.15, 0.2) is 0 Å². The second kappa shape index (κ2) is 4.47. The van der Waals surface area contributed by atoms with E-state index in [4.69, 9.17) is 5.11 Å². The smallest absolute Gasteiger partial charge is 0.417 e. The number of carbonyl (C=O) groups is 3. The molecule has 0 aliphatic carbocycles. The van der Waals surface area contributed by atoms with E-state index in [2.05, 4.69) is 5.32 Å². The third-order valence-electron chi connectivity index (χ3n) is 3.18. The molecule has 3 amide bonds. The van der Waals surface area contributed by atoms with Crippen molar-refractivity contribution in [3.05, 3.63) is 34.9 Å². The first-order valence-corrected chi connectivity index (χ1v) is 5.64. The number of carboxylic acid groups (broad SMARTS) is 1. The molecule has 1 saturated heterocycles. The SMILES string of the molecule is CC1(c2ccc(C(=O)O)c(C(F)(F)F)c2)NC(=O)NC1=O. The van der Waals surface area contributed by atoms with E-state index in [9.17, 15) is 27.6 Å². The van der Waals surface area contributed by atoms with Crippen LogP contribution in [0, 0.1) is 0 Å². The number of imide groups is 1. The molecule has 0 bridgehead atoms. The number of hydrogen-bond acceptors (Lipinski definition) is 3. The van der Waals surface area contributed by atoms with Gasteiger partial charge in [-0.05, 0) is 24.6 Å². The fourth-order valence-corrected chi connectivity index (χ4v) is 2.02. The number of benzene rings is 1. The number of carboxylic acids is 1. The van der Waals surface area contributed by atoms with Gasteiger partial charge in [-0.25, -0.2) is 9.59 Å². The predicted molar refractivity (Wildman–Crippen MR) is 62.4 cm³/mol. The number of carbonyl (C=O) groups excluding carboxylic acids is 2. The van der Waals surface area contributed by atoms with Crippen LogP contribution in [0.4, 0.5) is 18.0 Å². The summed E-state index contributed by atoms with van der Waals surface area (Å²) in [4.78, 5) is 33.7. The third-order valence-corrected chi connectivity index (χ3v) is 3.18. The van der Waals surface area contributed by atoms with E-state index in [1.807, 2.05) is 5.32 Å². The van der Waals surface area contributed by atoms with E-state index >= 15 is 0 Å². The summed E-state index contributed by atoms with van der Waals surface area (Å²) < 4.78 is 38.8. The summed E-state index contributed by atoms with van der Waals surface area (Å²) in [5.41, 5.74) is -4.17. The molecule has 1 fully saturated rings. The van der Waals surface area contributed by atoms with Gasteiger partial charge in [-0.1, -0.05) is 6.07 Å². The highest BCUT2D eigenvalue weighted by atomic mass is 19.4. The van der Waals surface area contributed by atoms with Gasteiger partial charge < -0.3 is 10.4 Å². The van der Waals surface area contributed by atoms with Gasteiger partial charge in [-0.3, -0.25) is 10.1 Å². The van der Waals surface area contributed by atoms with Gasteiger partial charge in [0, 0.05) is 0 Å². The highest BCUT2D eigenvalue weighted by molar-refractivity contribution is 6.07. The Kier molecular flexibility index (Phi) is 3.15. The van der Waals surface area contributed by atoms with E-state index in [1.54, 1.807) is 0 Å². The lowest BCUT2D eigenvalue weighted by Crippen LogP contribution is -2.40. The largest absolute Gasteiger partial charge is 0.478 e. The lowest BCUT2D eigenvalue weighted by molar-refractivity contribution is -0.138. The van der Waals surface area contributed by atoms with Crippen LogP contribution in [0.1, 0.15) is 28.4 Å². The van der Waals surface area contributed by atoms with Crippen LogP contribution in [-0.2, 0) is 16.5 Å². The number of aromatic carboxylic acids is 1. The molecule has 9 heteroatoms. The van der Waals surface area contributed by atoms with Crippen molar-refractivity contribution in [2.45, 2.75) is 18.6 Å². The predicted octanol–water partition coefficient (Wildman–Crippen LogP) is 1.46. The first-order chi connectivity index (χ1) is 9.55. The standard InChI is InChI=1S/C12H9F3N2O4/c1-11(9(20)16-10(21)17-11)5-2-3-6(8(18)19)7(4-5)12(13,14)15/h2-4H,1H3,(H,18,19)(H2,16,17,20,21). The van der Waals surface area contributed by atoms with Crippen LogP contribution >= 0.6 is 0 Å². The Hall–Kier alpha value is -2.58. The third kappa shape index (κ3) is 2.41. The molecule has 1 aliphatic rings. The Balaban J connectivity index is 2.60. The molecule has 1 atom stereocenters. The minimum atomic E-state index is -4.90. The molecule has 3 N–H and O–H groups in total. The van der Waals surface area contributed by atoms with Crippen molar-refractivity contribution in [3.8, 4) is 0 Å². The Labute approximate surface area is 115 Å². The van der Waals surface area contributed by atoms with Gasteiger partial charge in [-0.2, -0.15) is 13.2 Å². The van der Waals surface area contributed by atoms with E-state index in [-0.39, 0.29) is 5.56 Å². The highest BCUT2D eigenvalue weighted by Crippen LogP contribution is 2.35. The zero-order valence-corrected chi connectivity index (χ0v) is 10.5. The van der Waals surface area contributed by atoms with Crippen LogP contribution in [0.2, 0.25) is 0 Å². The maximum atomic E-state index is 12.9. The van der Waals surface area contributed by atoms with Crippen molar-refractivity contribution in [1.29, 1.82) is 0 Å². The topological polar surface area (TPSA) is 95.5 Å². The molecule has 2 rings (SSSR count). The minimum absolute atomic E-state index is 0.164. The maximum Gasteiger partial charge on any atom is 0.417 e. The lowest BCUT2D eigenvalue weighted by Gasteiger charge is -2.22. The average molecular weight is 302 g/mol. The van der Waals surface area contributed by atoms with E-state index < -0.39 is 40.7 Å². The molecule has 112 valence electrons. The number of urea groups is 1. The number of rotatable bonds is 2. The summed E-state index contributed by atoms with van der Waals surface area (Å²) in [5, 5.41) is 12.9. The van der Waals surface area contributed by atoms with Crippen molar-refractivity contribution in [2.75, 3.05) is 0 Å². The molecule has 0 aromatic heterocycles. The molecule has 1 unspecified atom stereocenters. The van der Waals surface area contributed by atoms with Crippen LogP contribution in [0.5, 0.6) is 0 Å². The molecule has 1 aromatic carbocycles. The van der Waals surface area contributed by atoms with Gasteiger partial charge in [0.2, 0.25) is 0 Å².